The Labute approximate surface area is 141 Å². The number of amides is 1. The van der Waals surface area contributed by atoms with Gasteiger partial charge in [0.25, 0.3) is 5.91 Å². The van der Waals surface area contributed by atoms with Crippen molar-refractivity contribution in [2.75, 3.05) is 13.1 Å². The molecule has 3 rings (SSSR count). The summed E-state index contributed by atoms with van der Waals surface area (Å²) >= 11 is 1.50. The van der Waals surface area contributed by atoms with Crippen molar-refractivity contribution < 1.29 is 4.79 Å². The number of likely N-dealkylation sites (tertiary alicyclic amines) is 1. The predicted octanol–water partition coefficient (Wildman–Crippen LogP) is 2.93. The Balaban J connectivity index is 1.73. The second-order valence-electron chi connectivity index (χ2n) is 6.20. The molecule has 2 atom stereocenters. The van der Waals surface area contributed by atoms with Crippen molar-refractivity contribution >= 4 is 17.2 Å². The summed E-state index contributed by atoms with van der Waals surface area (Å²) in [6.07, 6.45) is 4.69. The van der Waals surface area contributed by atoms with E-state index in [4.69, 9.17) is 5.73 Å². The van der Waals surface area contributed by atoms with Gasteiger partial charge < -0.3 is 10.6 Å². The Hall–Kier alpha value is -1.72. The number of carbonyl (C=O) groups is 1. The summed E-state index contributed by atoms with van der Waals surface area (Å²) < 4.78 is 0. The van der Waals surface area contributed by atoms with E-state index in [9.17, 15) is 4.79 Å². The molecule has 4 nitrogen and oxygen atoms in total. The van der Waals surface area contributed by atoms with Gasteiger partial charge in [-0.05, 0) is 24.3 Å². The quantitative estimate of drug-likeness (QED) is 0.938. The normalized spacial score (nSPS) is 21.4. The molecule has 23 heavy (non-hydrogen) atoms. The van der Waals surface area contributed by atoms with Crippen LogP contribution in [0.4, 0.5) is 0 Å². The number of nitrogens with two attached hydrogens (primary N) is 1. The first kappa shape index (κ1) is 16.1. The van der Waals surface area contributed by atoms with Gasteiger partial charge in [0.15, 0.2) is 0 Å². The van der Waals surface area contributed by atoms with Gasteiger partial charge in [-0.3, -0.25) is 4.79 Å². The molecular weight excluding hydrogens is 306 g/mol. The molecule has 1 aliphatic heterocycles. The van der Waals surface area contributed by atoms with E-state index in [2.05, 4.69) is 24.0 Å². The molecule has 0 aliphatic carbocycles. The number of benzene rings is 1. The summed E-state index contributed by atoms with van der Waals surface area (Å²) in [4.78, 5) is 19.9. The number of rotatable bonds is 4. The first-order valence-corrected chi connectivity index (χ1v) is 9.00. The zero-order valence-electron chi connectivity index (χ0n) is 13.4. The Kier molecular flexibility index (Phi) is 5.08. The van der Waals surface area contributed by atoms with Crippen LogP contribution in [0.5, 0.6) is 0 Å². The molecule has 2 N–H and O–H groups in total. The second-order valence-corrected chi connectivity index (χ2v) is 7.32. The topological polar surface area (TPSA) is 59.2 Å². The van der Waals surface area contributed by atoms with Crippen molar-refractivity contribution in [3.63, 3.8) is 0 Å². The molecule has 0 saturated carbocycles. The van der Waals surface area contributed by atoms with Crippen molar-refractivity contribution in [2.45, 2.75) is 32.2 Å². The number of carbonyl (C=O) groups excluding carboxylic acids is 1. The van der Waals surface area contributed by atoms with Gasteiger partial charge in [0.2, 0.25) is 0 Å². The number of hydrogen-bond donors (Lipinski definition) is 1. The van der Waals surface area contributed by atoms with Crippen LogP contribution in [0.1, 0.15) is 40.0 Å². The van der Waals surface area contributed by atoms with E-state index < -0.39 is 0 Å². The molecular formula is C18H23N3OS. The smallest absolute Gasteiger partial charge is 0.265 e. The Morgan fingerprint density at radius 2 is 2.17 bits per heavy atom. The number of hydrogen-bond acceptors (Lipinski definition) is 4. The fourth-order valence-corrected chi connectivity index (χ4v) is 4.17. The third kappa shape index (κ3) is 3.62. The van der Waals surface area contributed by atoms with E-state index >= 15 is 0 Å². The number of nitrogens with zero attached hydrogens (tertiary/aromatic N) is 2. The van der Waals surface area contributed by atoms with Crippen LogP contribution in [0.15, 0.2) is 36.5 Å². The summed E-state index contributed by atoms with van der Waals surface area (Å²) in [5.74, 6) is 0.554. The molecule has 0 spiro atoms. The summed E-state index contributed by atoms with van der Waals surface area (Å²) in [7, 11) is 0. The third-order valence-electron chi connectivity index (χ3n) is 4.58. The maximum Gasteiger partial charge on any atom is 0.265 e. The van der Waals surface area contributed by atoms with Gasteiger partial charge in [0.05, 0.1) is 11.2 Å². The van der Waals surface area contributed by atoms with Gasteiger partial charge in [0, 0.05) is 25.6 Å². The Bertz CT molecular complexity index is 655. The van der Waals surface area contributed by atoms with Crippen LogP contribution in [0.2, 0.25) is 0 Å². The summed E-state index contributed by atoms with van der Waals surface area (Å²) in [5.41, 5.74) is 7.12. The van der Waals surface area contributed by atoms with Crippen LogP contribution in [0.25, 0.3) is 0 Å². The molecule has 1 aromatic heterocycles. The van der Waals surface area contributed by atoms with Crippen molar-refractivity contribution in [2.24, 2.45) is 11.7 Å². The first-order valence-electron chi connectivity index (χ1n) is 8.18. The first-order chi connectivity index (χ1) is 11.2. The van der Waals surface area contributed by atoms with E-state index in [0.29, 0.717) is 12.5 Å². The molecule has 0 radical (unpaired) electrons. The maximum absolute atomic E-state index is 12.8. The van der Waals surface area contributed by atoms with Gasteiger partial charge in [-0.15, -0.1) is 11.3 Å². The largest absolute Gasteiger partial charge is 0.333 e. The predicted molar refractivity (Wildman–Crippen MR) is 93.6 cm³/mol. The highest BCUT2D eigenvalue weighted by Crippen LogP contribution is 2.26. The van der Waals surface area contributed by atoms with Crippen molar-refractivity contribution in [3.8, 4) is 0 Å². The van der Waals surface area contributed by atoms with Crippen molar-refractivity contribution in [1.82, 2.24) is 9.88 Å². The van der Waals surface area contributed by atoms with Gasteiger partial charge in [-0.1, -0.05) is 37.3 Å². The average Bonchev–Trinajstić information content (AvgIpc) is 3.03. The minimum absolute atomic E-state index is 0.0869. The minimum Gasteiger partial charge on any atom is -0.333 e. The zero-order valence-corrected chi connectivity index (χ0v) is 14.3. The van der Waals surface area contributed by atoms with E-state index in [-0.39, 0.29) is 11.9 Å². The van der Waals surface area contributed by atoms with Crippen LogP contribution in [-0.2, 0) is 6.42 Å². The van der Waals surface area contributed by atoms with Crippen LogP contribution in [0, 0.1) is 5.92 Å². The van der Waals surface area contributed by atoms with Gasteiger partial charge >= 0.3 is 0 Å². The number of piperidine rings is 1. The molecule has 0 bridgehead atoms. The maximum atomic E-state index is 12.8. The molecule has 1 fully saturated rings. The van der Waals surface area contributed by atoms with E-state index in [1.807, 2.05) is 23.1 Å². The Morgan fingerprint density at radius 3 is 2.91 bits per heavy atom. The number of thiazole rings is 1. The number of aromatic nitrogens is 1. The lowest BCUT2D eigenvalue weighted by molar-refractivity contribution is 0.0537. The monoisotopic (exact) mass is 329 g/mol. The fraction of sp³-hybridized carbons (Fsp3) is 0.444. The van der Waals surface area contributed by atoms with Crippen molar-refractivity contribution in [1.29, 1.82) is 0 Å². The highest BCUT2D eigenvalue weighted by molar-refractivity contribution is 7.13. The third-order valence-corrected chi connectivity index (χ3v) is 5.57. The van der Waals surface area contributed by atoms with Gasteiger partial charge in [-0.2, -0.15) is 0 Å². The molecule has 0 unspecified atom stereocenters. The molecule has 2 aromatic rings. The zero-order chi connectivity index (χ0) is 16.2. The van der Waals surface area contributed by atoms with Crippen LogP contribution in [-0.4, -0.2) is 34.9 Å². The molecule has 1 aliphatic rings. The second kappa shape index (κ2) is 7.23. The molecule has 1 amide bonds. The van der Waals surface area contributed by atoms with E-state index in [1.54, 1.807) is 6.20 Å². The molecule has 1 aromatic carbocycles. The highest BCUT2D eigenvalue weighted by Gasteiger charge is 2.32. The lowest BCUT2D eigenvalue weighted by Crippen LogP contribution is -2.51. The summed E-state index contributed by atoms with van der Waals surface area (Å²) in [5, 5.41) is 0.980. The average molecular weight is 329 g/mol. The highest BCUT2D eigenvalue weighted by atomic mass is 32.1. The van der Waals surface area contributed by atoms with E-state index in [0.717, 1.165) is 35.7 Å². The SMILES string of the molecule is C[C@@H]1CCCN(C(=O)c2cnc(Cc3ccccc3)s2)[C@H]1CN. The lowest BCUT2D eigenvalue weighted by atomic mass is 9.90. The Morgan fingerprint density at radius 1 is 1.39 bits per heavy atom. The minimum atomic E-state index is 0.0869. The molecule has 5 heteroatoms. The van der Waals surface area contributed by atoms with Gasteiger partial charge in [-0.25, -0.2) is 4.98 Å². The van der Waals surface area contributed by atoms with Crippen LogP contribution < -0.4 is 5.73 Å². The molecule has 1 saturated heterocycles. The van der Waals surface area contributed by atoms with E-state index in [1.165, 1.54) is 16.9 Å². The van der Waals surface area contributed by atoms with Crippen LogP contribution >= 0.6 is 11.3 Å². The summed E-state index contributed by atoms with van der Waals surface area (Å²) in [6.45, 7) is 3.52. The lowest BCUT2D eigenvalue weighted by Gasteiger charge is -2.39. The molecule has 2 heterocycles. The standard InChI is InChI=1S/C18H23N3OS/c1-13-6-5-9-21(15(13)11-19)18(22)16-12-20-17(23-16)10-14-7-3-2-4-8-14/h2-4,7-8,12-13,15H,5-6,9-11,19H2,1H3/t13-,15+/m1/s1. The van der Waals surface area contributed by atoms with Gasteiger partial charge in [0.1, 0.15) is 4.88 Å². The van der Waals surface area contributed by atoms with Crippen LogP contribution in [0.3, 0.4) is 0 Å². The van der Waals surface area contributed by atoms with Crippen molar-refractivity contribution in [3.05, 3.63) is 52.0 Å². The fourth-order valence-electron chi connectivity index (χ4n) is 3.26. The molecule has 122 valence electrons. The summed E-state index contributed by atoms with van der Waals surface area (Å²) in [6, 6.07) is 10.4.